The fourth-order valence-electron chi connectivity index (χ4n) is 3.48. The van der Waals surface area contributed by atoms with Gasteiger partial charge < -0.3 is 4.74 Å². The number of sulfonamides is 1. The van der Waals surface area contributed by atoms with Gasteiger partial charge in [-0.3, -0.25) is 4.90 Å². The van der Waals surface area contributed by atoms with Crippen LogP contribution in [0.4, 0.5) is 4.39 Å². The number of hydrogen-bond donors (Lipinski definition) is 0. The Morgan fingerprint density at radius 3 is 2.46 bits per heavy atom. The number of hydrogen-bond acceptors (Lipinski definition) is 4. The van der Waals surface area contributed by atoms with Crippen molar-refractivity contribution in [3.05, 3.63) is 59.4 Å². The summed E-state index contributed by atoms with van der Waals surface area (Å²) in [4.78, 5) is 2.40. The van der Waals surface area contributed by atoms with Crippen LogP contribution in [0.5, 0.6) is 5.75 Å². The summed E-state index contributed by atoms with van der Waals surface area (Å²) in [6.45, 7) is 3.78. The lowest BCUT2D eigenvalue weighted by Gasteiger charge is -2.34. The highest BCUT2D eigenvalue weighted by Gasteiger charge is 2.28. The predicted molar refractivity (Wildman–Crippen MR) is 96.1 cm³/mol. The highest BCUT2D eigenvalue weighted by Crippen LogP contribution is 2.26. The van der Waals surface area contributed by atoms with E-state index in [1.165, 1.54) is 39.7 Å². The minimum Gasteiger partial charge on any atom is -0.493 e. The fourth-order valence-corrected chi connectivity index (χ4v) is 4.90. The Labute approximate surface area is 153 Å². The van der Waals surface area contributed by atoms with E-state index >= 15 is 0 Å². The third-order valence-electron chi connectivity index (χ3n) is 4.94. The molecule has 5 nitrogen and oxygen atoms in total. The zero-order chi connectivity index (χ0) is 18.1. The molecule has 0 saturated carbocycles. The summed E-state index contributed by atoms with van der Waals surface area (Å²) >= 11 is 0. The van der Waals surface area contributed by atoms with Gasteiger partial charge in [-0.05, 0) is 41.5 Å². The first-order chi connectivity index (χ1) is 12.5. The molecule has 138 valence electrons. The van der Waals surface area contributed by atoms with E-state index in [0.717, 1.165) is 25.3 Å². The molecular weight excluding hydrogens is 355 g/mol. The average Bonchev–Trinajstić information content (AvgIpc) is 3.10. The normalized spacial score (nSPS) is 18.5. The quantitative estimate of drug-likeness (QED) is 0.821. The van der Waals surface area contributed by atoms with E-state index in [9.17, 15) is 12.8 Å². The first-order valence-corrected chi connectivity index (χ1v) is 10.2. The zero-order valence-electron chi connectivity index (χ0n) is 14.4. The minimum atomic E-state index is -3.56. The molecule has 0 atom stereocenters. The number of nitrogens with zero attached hydrogens (tertiary/aromatic N) is 2. The summed E-state index contributed by atoms with van der Waals surface area (Å²) in [6.07, 6.45) is 0.951. The van der Waals surface area contributed by atoms with Crippen molar-refractivity contribution in [3.8, 4) is 5.75 Å². The van der Waals surface area contributed by atoms with E-state index in [-0.39, 0.29) is 4.90 Å². The van der Waals surface area contributed by atoms with Gasteiger partial charge in [0.25, 0.3) is 0 Å². The first-order valence-electron chi connectivity index (χ1n) is 8.75. The Morgan fingerprint density at radius 1 is 1.00 bits per heavy atom. The predicted octanol–water partition coefficient (Wildman–Crippen LogP) is 2.27. The van der Waals surface area contributed by atoms with Gasteiger partial charge in [-0.15, -0.1) is 0 Å². The topological polar surface area (TPSA) is 49.9 Å². The van der Waals surface area contributed by atoms with Gasteiger partial charge in [0, 0.05) is 39.1 Å². The van der Waals surface area contributed by atoms with E-state index in [1.54, 1.807) is 0 Å². The molecule has 0 aromatic heterocycles. The molecule has 0 spiro atoms. The van der Waals surface area contributed by atoms with E-state index in [1.807, 2.05) is 6.07 Å². The monoisotopic (exact) mass is 376 g/mol. The lowest BCUT2D eigenvalue weighted by molar-refractivity contribution is 0.181. The number of piperazine rings is 1. The summed E-state index contributed by atoms with van der Waals surface area (Å²) in [5.41, 5.74) is 2.48. The van der Waals surface area contributed by atoms with Gasteiger partial charge in [-0.1, -0.05) is 12.1 Å². The summed E-state index contributed by atoms with van der Waals surface area (Å²) in [5.74, 6) is 0.539. The van der Waals surface area contributed by atoms with Crippen molar-refractivity contribution >= 4 is 10.0 Å². The molecular formula is C19H21FN2O3S. The maximum Gasteiger partial charge on any atom is 0.243 e. The molecule has 2 aliphatic heterocycles. The minimum absolute atomic E-state index is 0.144. The van der Waals surface area contributed by atoms with Gasteiger partial charge in [0.1, 0.15) is 11.6 Å². The van der Waals surface area contributed by atoms with E-state index < -0.39 is 15.8 Å². The largest absolute Gasteiger partial charge is 0.493 e. The van der Waals surface area contributed by atoms with Gasteiger partial charge in [0.05, 0.1) is 11.5 Å². The standard InChI is InChI=1S/C19H21FN2O3S/c20-17-2-4-18(5-3-17)26(23,24)22-10-8-21(9-11-22)14-15-1-6-19-16(13-15)7-12-25-19/h1-6,13H,7-12,14H2. The Morgan fingerprint density at radius 2 is 1.73 bits per heavy atom. The third kappa shape index (κ3) is 3.47. The summed E-state index contributed by atoms with van der Waals surface area (Å²) in [6, 6.07) is 11.3. The van der Waals surface area contributed by atoms with Gasteiger partial charge in [0.15, 0.2) is 0 Å². The summed E-state index contributed by atoms with van der Waals surface area (Å²) < 4.78 is 45.4. The van der Waals surface area contributed by atoms with Crippen LogP contribution in [0.1, 0.15) is 11.1 Å². The molecule has 0 unspecified atom stereocenters. The highest BCUT2D eigenvalue weighted by molar-refractivity contribution is 7.89. The van der Waals surface area contributed by atoms with Crippen LogP contribution < -0.4 is 4.74 Å². The number of rotatable bonds is 4. The molecule has 4 rings (SSSR count). The van der Waals surface area contributed by atoms with Gasteiger partial charge in [0.2, 0.25) is 10.0 Å². The maximum absolute atomic E-state index is 13.0. The maximum atomic E-state index is 13.0. The molecule has 26 heavy (non-hydrogen) atoms. The van der Waals surface area contributed by atoms with Crippen molar-refractivity contribution < 1.29 is 17.5 Å². The van der Waals surface area contributed by atoms with E-state index in [0.29, 0.717) is 26.2 Å². The van der Waals surface area contributed by atoms with Crippen LogP contribution in [0.15, 0.2) is 47.4 Å². The molecule has 2 heterocycles. The fraction of sp³-hybridized carbons (Fsp3) is 0.368. The van der Waals surface area contributed by atoms with Crippen LogP contribution >= 0.6 is 0 Å². The molecule has 7 heteroatoms. The Balaban J connectivity index is 1.38. The molecule has 0 amide bonds. The van der Waals surface area contributed by atoms with Gasteiger partial charge >= 0.3 is 0 Å². The van der Waals surface area contributed by atoms with Crippen molar-refractivity contribution in [2.45, 2.75) is 17.9 Å². The molecule has 0 aliphatic carbocycles. The Bertz CT molecular complexity index is 892. The molecule has 2 aromatic carbocycles. The number of ether oxygens (including phenoxy) is 1. The SMILES string of the molecule is O=S(=O)(c1ccc(F)cc1)N1CCN(Cc2ccc3c(c2)CCO3)CC1. The average molecular weight is 376 g/mol. The van der Waals surface area contributed by atoms with Crippen molar-refractivity contribution in [2.75, 3.05) is 32.8 Å². The lowest BCUT2D eigenvalue weighted by atomic mass is 10.1. The van der Waals surface area contributed by atoms with E-state index in [4.69, 9.17) is 4.74 Å². The van der Waals surface area contributed by atoms with E-state index in [2.05, 4.69) is 17.0 Å². The second-order valence-electron chi connectivity index (χ2n) is 6.67. The Kier molecular flexibility index (Phi) is 4.69. The van der Waals surface area contributed by atoms with Crippen molar-refractivity contribution in [2.24, 2.45) is 0 Å². The molecule has 1 saturated heterocycles. The molecule has 0 N–H and O–H groups in total. The van der Waals surface area contributed by atoms with Crippen molar-refractivity contribution in [1.82, 2.24) is 9.21 Å². The van der Waals surface area contributed by atoms with Crippen LogP contribution in [0.25, 0.3) is 0 Å². The smallest absolute Gasteiger partial charge is 0.243 e. The number of halogens is 1. The second-order valence-corrected chi connectivity index (χ2v) is 8.61. The van der Waals surface area contributed by atoms with Gasteiger partial charge in [-0.2, -0.15) is 4.31 Å². The van der Waals surface area contributed by atoms with Crippen molar-refractivity contribution in [1.29, 1.82) is 0 Å². The first kappa shape index (κ1) is 17.5. The number of benzene rings is 2. The molecule has 1 fully saturated rings. The molecule has 2 aliphatic rings. The highest BCUT2D eigenvalue weighted by atomic mass is 32.2. The van der Waals surface area contributed by atoms with Crippen LogP contribution in [0, 0.1) is 5.82 Å². The van der Waals surface area contributed by atoms with Crippen LogP contribution in [-0.4, -0.2) is 50.4 Å². The number of fused-ring (bicyclic) bond motifs is 1. The molecule has 2 aromatic rings. The van der Waals surface area contributed by atoms with Crippen LogP contribution in [-0.2, 0) is 23.0 Å². The third-order valence-corrected chi connectivity index (χ3v) is 6.86. The second kappa shape index (κ2) is 6.98. The molecule has 0 bridgehead atoms. The lowest BCUT2D eigenvalue weighted by Crippen LogP contribution is -2.48. The van der Waals surface area contributed by atoms with Crippen LogP contribution in [0.3, 0.4) is 0 Å². The summed E-state index contributed by atoms with van der Waals surface area (Å²) in [5, 5.41) is 0. The van der Waals surface area contributed by atoms with Gasteiger partial charge in [-0.25, -0.2) is 12.8 Å². The van der Waals surface area contributed by atoms with Crippen LogP contribution in [0.2, 0.25) is 0 Å². The Hall–Kier alpha value is -1.96. The van der Waals surface area contributed by atoms with Crippen molar-refractivity contribution in [3.63, 3.8) is 0 Å². The summed E-state index contributed by atoms with van der Waals surface area (Å²) in [7, 11) is -3.56. The zero-order valence-corrected chi connectivity index (χ0v) is 15.2. The molecule has 0 radical (unpaired) electrons.